The summed E-state index contributed by atoms with van der Waals surface area (Å²) in [6.07, 6.45) is 6.41. The third-order valence-corrected chi connectivity index (χ3v) is 5.72. The second-order valence-corrected chi connectivity index (χ2v) is 7.94. The van der Waals surface area contributed by atoms with Gasteiger partial charge in [-0.05, 0) is 31.4 Å². The minimum Gasteiger partial charge on any atom is -0.356 e. The number of aromatic nitrogens is 1. The normalized spacial score (nSPS) is 15.1. The van der Waals surface area contributed by atoms with Crippen molar-refractivity contribution in [3.8, 4) is 0 Å². The number of piperazine rings is 1. The summed E-state index contributed by atoms with van der Waals surface area (Å²) in [5.74, 6) is 0.979. The third-order valence-electron chi connectivity index (χ3n) is 5.72. The lowest BCUT2D eigenvalue weighted by molar-refractivity contribution is 0.194. The maximum Gasteiger partial charge on any atom is 0.250 e. The Balaban J connectivity index is 0.00000363. The van der Waals surface area contributed by atoms with E-state index in [9.17, 15) is 4.79 Å². The van der Waals surface area contributed by atoms with E-state index in [2.05, 4.69) is 56.5 Å². The van der Waals surface area contributed by atoms with Gasteiger partial charge in [-0.15, -0.1) is 24.0 Å². The van der Waals surface area contributed by atoms with Gasteiger partial charge in [0.2, 0.25) is 0 Å². The third kappa shape index (κ3) is 8.09. The predicted molar refractivity (Wildman–Crippen MR) is 145 cm³/mol. The molecule has 1 aromatic heterocycles. The van der Waals surface area contributed by atoms with Gasteiger partial charge in [-0.3, -0.25) is 14.7 Å². The monoisotopic (exact) mass is 549 g/mol. The lowest BCUT2D eigenvalue weighted by Gasteiger charge is -2.36. The summed E-state index contributed by atoms with van der Waals surface area (Å²) in [5.41, 5.74) is 2.35. The number of hydrogen-bond donors (Lipinski definition) is 1. The number of aryl methyl sites for hydroxylation is 1. The first-order chi connectivity index (χ1) is 15.2. The Kier molecular flexibility index (Phi) is 11.5. The number of benzene rings is 1. The first-order valence-electron chi connectivity index (χ1n) is 11.2. The van der Waals surface area contributed by atoms with Crippen LogP contribution in [0.4, 0.5) is 0 Å². The maximum absolute atomic E-state index is 11.9. The molecule has 1 aromatic carbocycles. The fraction of sp³-hybridized carbons (Fsp3) is 0.440. The van der Waals surface area contributed by atoms with Gasteiger partial charge in [0.1, 0.15) is 0 Å². The Morgan fingerprint density at radius 2 is 1.78 bits per heavy atom. The number of halogens is 1. The van der Waals surface area contributed by atoms with Crippen LogP contribution in [-0.4, -0.2) is 66.6 Å². The minimum atomic E-state index is 0. The predicted octanol–water partition coefficient (Wildman–Crippen LogP) is 3.46. The molecule has 1 aliphatic heterocycles. The zero-order valence-corrected chi connectivity index (χ0v) is 21.6. The minimum absolute atomic E-state index is 0. The highest BCUT2D eigenvalue weighted by atomic mass is 127. The number of pyridine rings is 1. The van der Waals surface area contributed by atoms with Crippen LogP contribution in [0, 0.1) is 6.92 Å². The van der Waals surface area contributed by atoms with Gasteiger partial charge in [-0.25, -0.2) is 0 Å². The van der Waals surface area contributed by atoms with Crippen LogP contribution in [0.1, 0.15) is 24.1 Å². The lowest BCUT2D eigenvalue weighted by atomic mass is 10.2. The van der Waals surface area contributed by atoms with Crippen LogP contribution in [-0.2, 0) is 6.54 Å². The van der Waals surface area contributed by atoms with Crippen molar-refractivity contribution in [3.05, 3.63) is 76.2 Å². The SMILES string of the molecule is CN=C(NCCCCn1c(C)cccc1=O)N1CCN(C/C=C/c2ccccc2)CC1.I. The largest absolute Gasteiger partial charge is 0.356 e. The van der Waals surface area contributed by atoms with E-state index >= 15 is 0 Å². The van der Waals surface area contributed by atoms with E-state index < -0.39 is 0 Å². The van der Waals surface area contributed by atoms with Crippen molar-refractivity contribution in [2.24, 2.45) is 4.99 Å². The fourth-order valence-electron chi connectivity index (χ4n) is 3.88. The summed E-state index contributed by atoms with van der Waals surface area (Å²) in [6.45, 7) is 8.64. The average molecular weight is 550 g/mol. The molecule has 1 fully saturated rings. The molecule has 32 heavy (non-hydrogen) atoms. The number of rotatable bonds is 8. The summed E-state index contributed by atoms with van der Waals surface area (Å²) in [5, 5.41) is 3.49. The number of nitrogens with zero attached hydrogens (tertiary/aromatic N) is 4. The van der Waals surface area contributed by atoms with Crippen LogP contribution in [0.2, 0.25) is 0 Å². The molecule has 6 nitrogen and oxygen atoms in total. The van der Waals surface area contributed by atoms with E-state index in [4.69, 9.17) is 0 Å². The Hall–Kier alpha value is -2.13. The van der Waals surface area contributed by atoms with E-state index in [0.717, 1.165) is 70.3 Å². The Bertz CT molecular complexity index is 917. The summed E-state index contributed by atoms with van der Waals surface area (Å²) in [6, 6.07) is 15.9. The summed E-state index contributed by atoms with van der Waals surface area (Å²) < 4.78 is 1.85. The first-order valence-corrected chi connectivity index (χ1v) is 11.2. The summed E-state index contributed by atoms with van der Waals surface area (Å²) in [7, 11) is 1.85. The molecule has 1 saturated heterocycles. The van der Waals surface area contributed by atoms with Gasteiger partial charge in [-0.1, -0.05) is 48.6 Å². The Morgan fingerprint density at radius 3 is 2.47 bits per heavy atom. The van der Waals surface area contributed by atoms with Gasteiger partial charge < -0.3 is 14.8 Å². The second kappa shape index (κ2) is 14.1. The molecule has 7 heteroatoms. The van der Waals surface area contributed by atoms with Crippen molar-refractivity contribution in [1.82, 2.24) is 19.7 Å². The van der Waals surface area contributed by atoms with Crippen molar-refractivity contribution in [2.75, 3.05) is 46.3 Å². The van der Waals surface area contributed by atoms with Crippen LogP contribution < -0.4 is 10.9 Å². The zero-order chi connectivity index (χ0) is 21.9. The van der Waals surface area contributed by atoms with Crippen molar-refractivity contribution in [3.63, 3.8) is 0 Å². The number of nitrogens with one attached hydrogen (secondary N) is 1. The second-order valence-electron chi connectivity index (χ2n) is 7.94. The van der Waals surface area contributed by atoms with E-state index in [1.165, 1.54) is 5.56 Å². The van der Waals surface area contributed by atoms with Crippen molar-refractivity contribution in [2.45, 2.75) is 26.3 Å². The van der Waals surface area contributed by atoms with Gasteiger partial charge >= 0.3 is 0 Å². The molecule has 2 aromatic rings. The van der Waals surface area contributed by atoms with Crippen molar-refractivity contribution in [1.29, 1.82) is 0 Å². The topological polar surface area (TPSA) is 52.9 Å². The average Bonchev–Trinajstić information content (AvgIpc) is 2.79. The quantitative estimate of drug-likeness (QED) is 0.237. The molecule has 0 spiro atoms. The highest BCUT2D eigenvalue weighted by Crippen LogP contribution is 2.05. The van der Waals surface area contributed by atoms with Gasteiger partial charge in [0.15, 0.2) is 5.96 Å². The van der Waals surface area contributed by atoms with Crippen LogP contribution in [0.5, 0.6) is 0 Å². The van der Waals surface area contributed by atoms with Crippen molar-refractivity contribution < 1.29 is 0 Å². The van der Waals surface area contributed by atoms with Gasteiger partial charge in [0.25, 0.3) is 5.56 Å². The van der Waals surface area contributed by atoms with Crippen LogP contribution in [0.25, 0.3) is 6.08 Å². The van der Waals surface area contributed by atoms with Gasteiger partial charge in [0.05, 0.1) is 0 Å². The van der Waals surface area contributed by atoms with E-state index in [1.54, 1.807) is 6.07 Å². The van der Waals surface area contributed by atoms with E-state index in [0.29, 0.717) is 0 Å². The molecular weight excluding hydrogens is 513 g/mol. The number of aliphatic imine (C=N–C) groups is 1. The molecule has 1 aliphatic rings. The molecule has 0 amide bonds. The van der Waals surface area contributed by atoms with Crippen LogP contribution >= 0.6 is 24.0 Å². The van der Waals surface area contributed by atoms with Gasteiger partial charge in [0, 0.05) is 64.6 Å². The molecule has 1 N–H and O–H groups in total. The zero-order valence-electron chi connectivity index (χ0n) is 19.2. The highest BCUT2D eigenvalue weighted by Gasteiger charge is 2.18. The molecule has 0 radical (unpaired) electrons. The van der Waals surface area contributed by atoms with Crippen molar-refractivity contribution >= 4 is 36.0 Å². The molecule has 0 atom stereocenters. The van der Waals surface area contributed by atoms with E-state index in [1.807, 2.05) is 36.7 Å². The maximum atomic E-state index is 11.9. The standard InChI is InChI=1S/C25H35N5O.HI/c1-22-10-8-14-24(31)30(22)17-7-6-15-27-25(26-2)29-20-18-28(19-21-29)16-9-13-23-11-4-3-5-12-23;/h3-5,8-14H,6-7,15-21H2,1-2H3,(H,26,27);1H/b13-9+;. The summed E-state index contributed by atoms with van der Waals surface area (Å²) >= 11 is 0. The molecule has 0 unspecified atom stereocenters. The Morgan fingerprint density at radius 1 is 1.03 bits per heavy atom. The smallest absolute Gasteiger partial charge is 0.250 e. The molecule has 0 bridgehead atoms. The molecule has 0 saturated carbocycles. The van der Waals surface area contributed by atoms with Crippen LogP contribution in [0.15, 0.2) is 64.4 Å². The fourth-order valence-corrected chi connectivity index (χ4v) is 3.88. The molecule has 2 heterocycles. The number of guanidine groups is 1. The summed E-state index contributed by atoms with van der Waals surface area (Å²) in [4.78, 5) is 21.2. The molecule has 174 valence electrons. The van der Waals surface area contributed by atoms with Gasteiger partial charge in [-0.2, -0.15) is 0 Å². The molecule has 0 aliphatic carbocycles. The Labute approximate surface area is 209 Å². The van der Waals surface area contributed by atoms with Crippen LogP contribution in [0.3, 0.4) is 0 Å². The number of hydrogen-bond acceptors (Lipinski definition) is 3. The first kappa shape index (κ1) is 26.1. The molecular formula is C25H36IN5O. The highest BCUT2D eigenvalue weighted by molar-refractivity contribution is 14.0. The molecule has 3 rings (SSSR count). The lowest BCUT2D eigenvalue weighted by Crippen LogP contribution is -2.52. The van der Waals surface area contributed by atoms with E-state index in [-0.39, 0.29) is 29.5 Å². The number of unbranched alkanes of at least 4 members (excludes halogenated alkanes) is 1.